The Balaban J connectivity index is 2.03. The molecule has 142 valence electrons. The summed E-state index contributed by atoms with van der Waals surface area (Å²) in [6, 6.07) is 6.58. The first kappa shape index (κ1) is 20.8. The Hall–Kier alpha value is -1.54. The van der Waals surface area contributed by atoms with Crippen LogP contribution in [0.3, 0.4) is 0 Å². The van der Waals surface area contributed by atoms with Crippen LogP contribution in [0.1, 0.15) is 25.2 Å². The third-order valence-corrected chi connectivity index (χ3v) is 5.44. The van der Waals surface area contributed by atoms with Gasteiger partial charge in [0.25, 0.3) is 5.76 Å². The third-order valence-electron chi connectivity index (χ3n) is 3.68. The van der Waals surface area contributed by atoms with Gasteiger partial charge in [0.05, 0.1) is 17.1 Å². The van der Waals surface area contributed by atoms with E-state index in [1.54, 1.807) is 24.3 Å². The lowest BCUT2D eigenvalue weighted by atomic mass is 10.2. The molecule has 2 rings (SSSR count). The smallest absolute Gasteiger partial charge is 0.288 e. The minimum Gasteiger partial charge on any atom is -0.324 e. The Morgan fingerprint density at radius 3 is 2.62 bits per heavy atom. The SMILES string of the molecule is Cc1nc(SCC(=O)Nc2ccccc2SC(F)F)n(CC(C)C)c1C. The van der Waals surface area contributed by atoms with E-state index in [0.717, 1.165) is 23.1 Å². The number of hydrogen-bond donors (Lipinski definition) is 1. The number of nitrogens with one attached hydrogen (secondary N) is 1. The van der Waals surface area contributed by atoms with Gasteiger partial charge in [-0.15, -0.1) is 0 Å². The Morgan fingerprint density at radius 1 is 1.27 bits per heavy atom. The van der Waals surface area contributed by atoms with E-state index < -0.39 is 5.76 Å². The highest BCUT2D eigenvalue weighted by atomic mass is 32.2. The zero-order valence-electron chi connectivity index (χ0n) is 15.3. The van der Waals surface area contributed by atoms with E-state index in [-0.39, 0.29) is 11.7 Å². The summed E-state index contributed by atoms with van der Waals surface area (Å²) in [6.07, 6.45) is 0. The van der Waals surface area contributed by atoms with Gasteiger partial charge in [0.15, 0.2) is 5.16 Å². The first-order valence-corrected chi connectivity index (χ1v) is 10.1. The Kier molecular flexibility index (Phi) is 7.52. The van der Waals surface area contributed by atoms with Crippen LogP contribution in [0.15, 0.2) is 34.3 Å². The van der Waals surface area contributed by atoms with Gasteiger partial charge in [0, 0.05) is 17.1 Å². The molecule has 8 heteroatoms. The molecule has 0 bridgehead atoms. The van der Waals surface area contributed by atoms with Crippen molar-refractivity contribution < 1.29 is 13.6 Å². The summed E-state index contributed by atoms with van der Waals surface area (Å²) in [6.45, 7) is 9.08. The number of aryl methyl sites for hydroxylation is 1. The van der Waals surface area contributed by atoms with Crippen molar-refractivity contribution in [2.75, 3.05) is 11.1 Å². The lowest BCUT2D eigenvalue weighted by molar-refractivity contribution is -0.113. The van der Waals surface area contributed by atoms with Crippen LogP contribution < -0.4 is 5.32 Å². The monoisotopic (exact) mass is 399 g/mol. The number of para-hydroxylation sites is 1. The van der Waals surface area contributed by atoms with Crippen molar-refractivity contribution in [3.05, 3.63) is 35.7 Å². The van der Waals surface area contributed by atoms with E-state index in [2.05, 4.69) is 28.7 Å². The minimum absolute atomic E-state index is 0.168. The van der Waals surface area contributed by atoms with Gasteiger partial charge in [-0.25, -0.2) is 4.98 Å². The third kappa shape index (κ3) is 5.74. The number of carbonyl (C=O) groups is 1. The molecule has 4 nitrogen and oxygen atoms in total. The molecule has 0 fully saturated rings. The maximum Gasteiger partial charge on any atom is 0.288 e. The number of amides is 1. The van der Waals surface area contributed by atoms with Gasteiger partial charge in [-0.1, -0.05) is 49.5 Å². The maximum atomic E-state index is 12.6. The second-order valence-electron chi connectivity index (χ2n) is 6.28. The molecule has 26 heavy (non-hydrogen) atoms. The number of imidazole rings is 1. The standard InChI is InChI=1S/C18H23F2N3OS2/c1-11(2)9-23-13(4)12(3)21-18(23)25-10-16(24)22-14-7-5-6-8-15(14)26-17(19)20/h5-8,11,17H,9-10H2,1-4H3,(H,22,24). The van der Waals surface area contributed by atoms with Crippen molar-refractivity contribution in [3.8, 4) is 0 Å². The summed E-state index contributed by atoms with van der Waals surface area (Å²) in [5.74, 6) is -2.14. The summed E-state index contributed by atoms with van der Waals surface area (Å²) >= 11 is 1.78. The van der Waals surface area contributed by atoms with Crippen LogP contribution in [0.4, 0.5) is 14.5 Å². The van der Waals surface area contributed by atoms with Crippen LogP contribution in [-0.4, -0.2) is 27.0 Å². The van der Waals surface area contributed by atoms with Crippen LogP contribution in [0.25, 0.3) is 0 Å². The highest BCUT2D eigenvalue weighted by Gasteiger charge is 2.16. The van der Waals surface area contributed by atoms with E-state index in [4.69, 9.17) is 0 Å². The maximum absolute atomic E-state index is 12.6. The topological polar surface area (TPSA) is 46.9 Å². The van der Waals surface area contributed by atoms with Gasteiger partial charge in [-0.3, -0.25) is 4.79 Å². The minimum atomic E-state index is -2.53. The summed E-state index contributed by atoms with van der Waals surface area (Å²) in [4.78, 5) is 17.2. The number of hydrogen-bond acceptors (Lipinski definition) is 4. The second kappa shape index (κ2) is 9.41. The van der Waals surface area contributed by atoms with Crippen LogP contribution in [0, 0.1) is 19.8 Å². The van der Waals surface area contributed by atoms with Crippen molar-refractivity contribution in [3.63, 3.8) is 0 Å². The summed E-state index contributed by atoms with van der Waals surface area (Å²) < 4.78 is 27.4. The Labute approximate surface area is 161 Å². The number of alkyl halides is 2. The van der Waals surface area contributed by atoms with Gasteiger partial charge in [0.1, 0.15) is 0 Å². The second-order valence-corrected chi connectivity index (χ2v) is 8.26. The Morgan fingerprint density at radius 2 is 1.96 bits per heavy atom. The normalized spacial score (nSPS) is 11.4. The number of anilines is 1. The molecule has 0 spiro atoms. The molecule has 0 unspecified atom stereocenters. The molecule has 0 aliphatic rings. The van der Waals surface area contributed by atoms with Gasteiger partial charge < -0.3 is 9.88 Å². The van der Waals surface area contributed by atoms with E-state index in [1.807, 2.05) is 13.8 Å². The Bertz CT molecular complexity index is 763. The number of thioether (sulfide) groups is 2. The molecule has 2 aromatic rings. The van der Waals surface area contributed by atoms with Gasteiger partial charge >= 0.3 is 0 Å². The highest BCUT2D eigenvalue weighted by Crippen LogP contribution is 2.32. The number of nitrogens with zero attached hydrogens (tertiary/aromatic N) is 2. The van der Waals surface area contributed by atoms with Crippen LogP contribution in [0.2, 0.25) is 0 Å². The lowest BCUT2D eigenvalue weighted by Gasteiger charge is -2.13. The zero-order valence-corrected chi connectivity index (χ0v) is 16.9. The summed E-state index contributed by atoms with van der Waals surface area (Å²) in [5.41, 5.74) is 2.45. The van der Waals surface area contributed by atoms with E-state index in [0.29, 0.717) is 28.3 Å². The van der Waals surface area contributed by atoms with Crippen molar-refractivity contribution in [1.82, 2.24) is 9.55 Å². The number of aromatic nitrogens is 2. The molecule has 1 N–H and O–H groups in total. The molecule has 0 aliphatic heterocycles. The number of benzene rings is 1. The fourth-order valence-corrected chi connectivity index (χ4v) is 3.90. The largest absolute Gasteiger partial charge is 0.324 e. The van der Waals surface area contributed by atoms with Crippen molar-refractivity contribution >= 4 is 35.1 Å². The van der Waals surface area contributed by atoms with Crippen molar-refractivity contribution in [2.24, 2.45) is 5.92 Å². The van der Waals surface area contributed by atoms with Crippen molar-refractivity contribution in [1.29, 1.82) is 0 Å². The molecule has 0 radical (unpaired) electrons. The molecule has 1 heterocycles. The molecule has 1 amide bonds. The highest BCUT2D eigenvalue weighted by molar-refractivity contribution is 8.00. The van der Waals surface area contributed by atoms with Gasteiger partial charge in [-0.2, -0.15) is 8.78 Å². The quantitative estimate of drug-likeness (QED) is 0.620. The van der Waals surface area contributed by atoms with Crippen LogP contribution in [0.5, 0.6) is 0 Å². The summed E-state index contributed by atoms with van der Waals surface area (Å²) in [5, 5.41) is 3.52. The number of halogens is 2. The predicted molar refractivity (Wildman–Crippen MR) is 104 cm³/mol. The molecule has 1 aromatic heterocycles. The molecular weight excluding hydrogens is 376 g/mol. The average Bonchev–Trinajstić information content (AvgIpc) is 2.81. The first-order valence-electron chi connectivity index (χ1n) is 8.28. The summed E-state index contributed by atoms with van der Waals surface area (Å²) in [7, 11) is 0. The molecule has 0 aliphatic carbocycles. The van der Waals surface area contributed by atoms with E-state index >= 15 is 0 Å². The molecule has 0 atom stereocenters. The van der Waals surface area contributed by atoms with Gasteiger partial charge in [-0.05, 0) is 31.9 Å². The van der Waals surface area contributed by atoms with Gasteiger partial charge in [0.2, 0.25) is 5.91 Å². The first-order chi connectivity index (χ1) is 12.3. The van der Waals surface area contributed by atoms with E-state index in [9.17, 15) is 13.6 Å². The van der Waals surface area contributed by atoms with Crippen LogP contribution >= 0.6 is 23.5 Å². The fraction of sp³-hybridized carbons (Fsp3) is 0.444. The predicted octanol–water partition coefficient (Wildman–Crippen LogP) is 5.20. The average molecular weight is 400 g/mol. The zero-order chi connectivity index (χ0) is 19.3. The lowest BCUT2D eigenvalue weighted by Crippen LogP contribution is -2.16. The van der Waals surface area contributed by atoms with E-state index in [1.165, 1.54) is 11.8 Å². The fourth-order valence-electron chi connectivity index (χ4n) is 2.40. The van der Waals surface area contributed by atoms with Crippen LogP contribution in [-0.2, 0) is 11.3 Å². The number of rotatable bonds is 8. The molecular formula is C18H23F2N3OS2. The molecule has 1 aromatic carbocycles. The number of carbonyl (C=O) groups excluding carboxylic acids is 1. The molecule has 0 saturated heterocycles. The van der Waals surface area contributed by atoms with Crippen molar-refractivity contribution in [2.45, 2.75) is 50.0 Å². The molecule has 0 saturated carbocycles.